The van der Waals surface area contributed by atoms with Gasteiger partial charge in [0.25, 0.3) is 0 Å². The maximum Gasteiger partial charge on any atom is 0.0700 e. The average Bonchev–Trinajstić information content (AvgIpc) is 3.03. The van der Waals surface area contributed by atoms with E-state index >= 15 is 0 Å². The van der Waals surface area contributed by atoms with Gasteiger partial charge in [0.05, 0.1) is 6.04 Å². The molecule has 24 heavy (non-hydrogen) atoms. The van der Waals surface area contributed by atoms with Crippen LogP contribution in [0.4, 0.5) is 0 Å². The zero-order chi connectivity index (χ0) is 16.5. The monoisotopic (exact) mass is 336 g/mol. The Morgan fingerprint density at radius 1 is 1.00 bits per heavy atom. The van der Waals surface area contributed by atoms with Crippen LogP contribution in [0.15, 0.2) is 48.5 Å². The maximum absolute atomic E-state index is 3.49. The van der Waals surface area contributed by atoms with Crippen molar-refractivity contribution in [3.05, 3.63) is 70.1 Å². The molecule has 1 fully saturated rings. The van der Waals surface area contributed by atoms with Crippen molar-refractivity contribution < 1.29 is 0 Å². The summed E-state index contributed by atoms with van der Waals surface area (Å²) in [7, 11) is 0. The fourth-order valence-electron chi connectivity index (χ4n) is 3.66. The molecule has 2 aromatic carbocycles. The number of piperazine rings is 1. The zero-order valence-electron chi connectivity index (χ0n) is 14.4. The van der Waals surface area contributed by atoms with Crippen LogP contribution in [0, 0.1) is 13.8 Å². The molecule has 0 spiro atoms. The summed E-state index contributed by atoms with van der Waals surface area (Å²) in [5.74, 6) is 0. The van der Waals surface area contributed by atoms with Crippen molar-refractivity contribution in [1.29, 1.82) is 0 Å². The van der Waals surface area contributed by atoms with Crippen LogP contribution in [0.5, 0.6) is 0 Å². The van der Waals surface area contributed by atoms with Crippen LogP contribution in [0.1, 0.15) is 27.6 Å². The minimum absolute atomic E-state index is 0.365. The first-order valence-corrected chi connectivity index (χ1v) is 9.54. The molecule has 1 atom stereocenters. The van der Waals surface area contributed by atoms with Crippen molar-refractivity contribution >= 4 is 21.4 Å². The lowest BCUT2D eigenvalue weighted by atomic mass is 9.96. The van der Waals surface area contributed by atoms with Crippen LogP contribution >= 0.6 is 11.3 Å². The van der Waals surface area contributed by atoms with Gasteiger partial charge in [-0.3, -0.25) is 4.90 Å². The van der Waals surface area contributed by atoms with Gasteiger partial charge >= 0.3 is 0 Å². The van der Waals surface area contributed by atoms with Gasteiger partial charge in [-0.05, 0) is 42.5 Å². The van der Waals surface area contributed by atoms with Gasteiger partial charge in [-0.2, -0.15) is 0 Å². The van der Waals surface area contributed by atoms with E-state index in [0.29, 0.717) is 6.04 Å². The van der Waals surface area contributed by atoms with E-state index in [1.165, 1.54) is 31.7 Å². The largest absolute Gasteiger partial charge is 0.314 e. The highest BCUT2D eigenvalue weighted by Crippen LogP contribution is 2.38. The molecule has 1 aliphatic rings. The molecular weight excluding hydrogens is 312 g/mol. The Morgan fingerprint density at radius 2 is 1.79 bits per heavy atom. The van der Waals surface area contributed by atoms with Crippen LogP contribution in [-0.2, 0) is 0 Å². The van der Waals surface area contributed by atoms with Gasteiger partial charge in [0.2, 0.25) is 0 Å². The normalized spacial score (nSPS) is 17.2. The van der Waals surface area contributed by atoms with Crippen LogP contribution in [-0.4, -0.2) is 31.1 Å². The topological polar surface area (TPSA) is 15.3 Å². The molecule has 0 amide bonds. The van der Waals surface area contributed by atoms with E-state index in [-0.39, 0.29) is 0 Å². The van der Waals surface area contributed by atoms with E-state index < -0.39 is 0 Å². The Balaban J connectivity index is 1.84. The second-order valence-corrected chi connectivity index (χ2v) is 7.85. The first-order valence-electron chi connectivity index (χ1n) is 8.73. The van der Waals surface area contributed by atoms with E-state index in [2.05, 4.69) is 72.6 Å². The van der Waals surface area contributed by atoms with Crippen LogP contribution in [0.25, 0.3) is 10.1 Å². The second kappa shape index (κ2) is 6.67. The average molecular weight is 337 g/mol. The quantitative estimate of drug-likeness (QED) is 0.757. The van der Waals surface area contributed by atoms with Gasteiger partial charge < -0.3 is 5.32 Å². The lowest BCUT2D eigenvalue weighted by Gasteiger charge is -2.35. The predicted molar refractivity (Wildman–Crippen MR) is 104 cm³/mol. The van der Waals surface area contributed by atoms with E-state index in [1.807, 2.05) is 11.3 Å². The van der Waals surface area contributed by atoms with Crippen molar-refractivity contribution in [2.24, 2.45) is 0 Å². The van der Waals surface area contributed by atoms with E-state index in [4.69, 9.17) is 0 Å². The summed E-state index contributed by atoms with van der Waals surface area (Å²) in [5, 5.41) is 4.85. The molecule has 124 valence electrons. The second-order valence-electron chi connectivity index (χ2n) is 6.74. The molecule has 1 unspecified atom stereocenters. The maximum atomic E-state index is 3.49. The number of fused-ring (bicyclic) bond motifs is 1. The van der Waals surface area contributed by atoms with Crippen molar-refractivity contribution in [3.63, 3.8) is 0 Å². The first kappa shape index (κ1) is 15.8. The lowest BCUT2D eigenvalue weighted by molar-refractivity contribution is 0.200. The van der Waals surface area contributed by atoms with Crippen molar-refractivity contribution in [2.45, 2.75) is 19.9 Å². The number of nitrogens with one attached hydrogen (secondary N) is 1. The minimum atomic E-state index is 0.365. The van der Waals surface area contributed by atoms with Gasteiger partial charge in [0.15, 0.2) is 0 Å². The molecule has 4 rings (SSSR count). The van der Waals surface area contributed by atoms with Gasteiger partial charge in [0, 0.05) is 35.8 Å². The first-order chi connectivity index (χ1) is 11.7. The third-order valence-electron chi connectivity index (χ3n) is 4.96. The van der Waals surface area contributed by atoms with Crippen LogP contribution in [0.2, 0.25) is 0 Å². The molecule has 1 saturated heterocycles. The molecule has 3 aromatic rings. The smallest absolute Gasteiger partial charge is 0.0700 e. The molecule has 1 aliphatic heterocycles. The summed E-state index contributed by atoms with van der Waals surface area (Å²) in [4.78, 5) is 4.11. The highest BCUT2D eigenvalue weighted by molar-refractivity contribution is 7.19. The molecule has 0 aliphatic carbocycles. The Bertz CT molecular complexity index is 813. The summed E-state index contributed by atoms with van der Waals surface area (Å²) in [6.45, 7) is 8.80. The van der Waals surface area contributed by atoms with Gasteiger partial charge in [-0.15, -0.1) is 11.3 Å². The Hall–Kier alpha value is -1.68. The Morgan fingerprint density at radius 3 is 2.58 bits per heavy atom. The zero-order valence-corrected chi connectivity index (χ0v) is 15.2. The summed E-state index contributed by atoms with van der Waals surface area (Å²) in [6.07, 6.45) is 0. The van der Waals surface area contributed by atoms with Gasteiger partial charge in [-0.25, -0.2) is 0 Å². The third-order valence-corrected chi connectivity index (χ3v) is 6.13. The number of nitrogens with zero attached hydrogens (tertiary/aromatic N) is 1. The van der Waals surface area contributed by atoms with Crippen molar-refractivity contribution in [1.82, 2.24) is 10.2 Å². The molecule has 1 N–H and O–H groups in total. The molecule has 2 heterocycles. The number of thiophene rings is 1. The Kier molecular flexibility index (Phi) is 4.40. The van der Waals surface area contributed by atoms with Gasteiger partial charge in [-0.1, -0.05) is 42.0 Å². The molecule has 0 bridgehead atoms. The van der Waals surface area contributed by atoms with Crippen molar-refractivity contribution in [2.75, 3.05) is 26.2 Å². The van der Waals surface area contributed by atoms with Crippen LogP contribution < -0.4 is 5.32 Å². The summed E-state index contributed by atoms with van der Waals surface area (Å²) in [6, 6.07) is 18.4. The highest BCUT2D eigenvalue weighted by atomic mass is 32.1. The van der Waals surface area contributed by atoms with E-state index in [0.717, 1.165) is 26.2 Å². The van der Waals surface area contributed by atoms with E-state index in [9.17, 15) is 0 Å². The SMILES string of the molecule is Cc1ccc(C)c(C(c2cc3ccccc3s2)N2CCNCC2)c1. The lowest BCUT2D eigenvalue weighted by Crippen LogP contribution is -2.45. The molecular formula is C21H24N2S. The molecule has 3 heteroatoms. The number of rotatable bonds is 3. The third kappa shape index (κ3) is 3.00. The number of hydrogen-bond acceptors (Lipinski definition) is 3. The molecule has 2 nitrogen and oxygen atoms in total. The van der Waals surface area contributed by atoms with Crippen molar-refractivity contribution in [3.8, 4) is 0 Å². The molecule has 0 radical (unpaired) electrons. The number of hydrogen-bond donors (Lipinski definition) is 1. The minimum Gasteiger partial charge on any atom is -0.314 e. The van der Waals surface area contributed by atoms with Gasteiger partial charge in [0.1, 0.15) is 0 Å². The summed E-state index contributed by atoms with van der Waals surface area (Å²) < 4.78 is 1.39. The highest BCUT2D eigenvalue weighted by Gasteiger charge is 2.26. The van der Waals surface area contributed by atoms with E-state index in [1.54, 1.807) is 0 Å². The fourth-order valence-corrected chi connectivity index (χ4v) is 4.88. The molecule has 1 aromatic heterocycles. The predicted octanol–water partition coefficient (Wildman–Crippen LogP) is 4.51. The summed E-state index contributed by atoms with van der Waals surface area (Å²) >= 11 is 1.95. The number of benzene rings is 2. The summed E-state index contributed by atoms with van der Waals surface area (Å²) in [5.41, 5.74) is 4.20. The standard InChI is InChI=1S/C21H24N2S/c1-15-7-8-16(2)18(13-15)21(23-11-9-22-10-12-23)20-14-17-5-3-4-6-19(17)24-20/h3-8,13-14,21-22H,9-12H2,1-2H3. The Labute approximate surface area is 148 Å². The fraction of sp³-hybridized carbons (Fsp3) is 0.333. The molecule has 0 saturated carbocycles. The van der Waals surface area contributed by atoms with Crippen LogP contribution in [0.3, 0.4) is 0 Å². The number of aryl methyl sites for hydroxylation is 2.